The Morgan fingerprint density at radius 3 is 2.24 bits per heavy atom. The van der Waals surface area contributed by atoms with Gasteiger partial charge in [0.2, 0.25) is 0 Å². The van der Waals surface area contributed by atoms with Gasteiger partial charge < -0.3 is 21.3 Å². The molecule has 0 unspecified atom stereocenters. The van der Waals surface area contributed by atoms with E-state index in [2.05, 4.69) is 0 Å². The maximum absolute atomic E-state index is 11.8. The molecule has 114 valence electrons. The summed E-state index contributed by atoms with van der Waals surface area (Å²) in [5.41, 5.74) is 11.1. The van der Waals surface area contributed by atoms with Crippen molar-refractivity contribution in [1.29, 1.82) is 0 Å². The number of carbonyl (C=O) groups is 3. The van der Waals surface area contributed by atoms with Crippen LogP contribution in [0.5, 0.6) is 5.75 Å². The van der Waals surface area contributed by atoms with E-state index in [1.165, 1.54) is 31.2 Å². The molecule has 0 fully saturated rings. The largest absolute Gasteiger partial charge is 0.480 e. The van der Waals surface area contributed by atoms with Crippen LogP contribution in [0.25, 0.3) is 0 Å². The third-order valence-electron chi connectivity index (χ3n) is 2.77. The van der Waals surface area contributed by atoms with Crippen molar-refractivity contribution in [2.75, 3.05) is 0 Å². The van der Waals surface area contributed by atoms with Gasteiger partial charge in [-0.3, -0.25) is 9.59 Å². The van der Waals surface area contributed by atoms with Crippen molar-refractivity contribution in [3.63, 3.8) is 0 Å². The normalized spacial score (nSPS) is 13.3. The van der Waals surface area contributed by atoms with Crippen molar-refractivity contribution in [3.05, 3.63) is 29.8 Å². The number of benzene rings is 1. The van der Waals surface area contributed by atoms with E-state index in [1.807, 2.05) is 0 Å². The number of nitrogens with two attached hydrogens (primary N) is 2. The van der Waals surface area contributed by atoms with E-state index in [4.69, 9.17) is 21.3 Å². The standard InChI is InChI=1S/C14H18N2O5/c1-8(15)14(20)21-10-4-2-9(3-5-10)12(17)7-6-11(16)13(18)19/h2-5,8,11H,6-7,15-16H2,1H3,(H,18,19)/t8-,11-/m0/s1. The molecule has 21 heavy (non-hydrogen) atoms. The number of ether oxygens (including phenoxy) is 1. The number of rotatable bonds is 7. The third-order valence-corrected chi connectivity index (χ3v) is 2.77. The quantitative estimate of drug-likeness (QED) is 0.374. The van der Waals surface area contributed by atoms with Crippen LogP contribution in [0, 0.1) is 0 Å². The van der Waals surface area contributed by atoms with Gasteiger partial charge in [-0.2, -0.15) is 0 Å². The van der Waals surface area contributed by atoms with Gasteiger partial charge in [-0.05, 0) is 37.6 Å². The maximum Gasteiger partial charge on any atom is 0.328 e. The first-order chi connectivity index (χ1) is 9.81. The molecule has 7 nitrogen and oxygen atoms in total. The Balaban J connectivity index is 2.59. The summed E-state index contributed by atoms with van der Waals surface area (Å²) in [4.78, 5) is 33.7. The molecule has 0 saturated carbocycles. The summed E-state index contributed by atoms with van der Waals surface area (Å²) in [5, 5.41) is 8.64. The van der Waals surface area contributed by atoms with Gasteiger partial charge in [-0.1, -0.05) is 0 Å². The summed E-state index contributed by atoms with van der Waals surface area (Å²) in [6.45, 7) is 1.51. The molecule has 7 heteroatoms. The summed E-state index contributed by atoms with van der Waals surface area (Å²) in [5.74, 6) is -1.64. The van der Waals surface area contributed by atoms with E-state index in [0.717, 1.165) is 0 Å². The Hall–Kier alpha value is -2.25. The van der Waals surface area contributed by atoms with E-state index in [9.17, 15) is 14.4 Å². The first kappa shape index (κ1) is 16.8. The number of carboxylic acids is 1. The molecule has 0 radical (unpaired) electrons. The zero-order valence-electron chi connectivity index (χ0n) is 11.6. The molecule has 0 aromatic heterocycles. The van der Waals surface area contributed by atoms with Gasteiger partial charge in [0.15, 0.2) is 5.78 Å². The van der Waals surface area contributed by atoms with E-state index < -0.39 is 24.0 Å². The molecular weight excluding hydrogens is 276 g/mol. The third kappa shape index (κ3) is 5.33. The summed E-state index contributed by atoms with van der Waals surface area (Å²) in [6.07, 6.45) is 0.0992. The Morgan fingerprint density at radius 2 is 1.76 bits per heavy atom. The van der Waals surface area contributed by atoms with Crippen LogP contribution in [0.2, 0.25) is 0 Å². The average molecular weight is 294 g/mol. The van der Waals surface area contributed by atoms with Gasteiger partial charge in [0.25, 0.3) is 0 Å². The molecule has 1 rings (SSSR count). The van der Waals surface area contributed by atoms with Crippen molar-refractivity contribution in [2.24, 2.45) is 11.5 Å². The molecule has 2 atom stereocenters. The second-order valence-corrected chi connectivity index (χ2v) is 4.64. The first-order valence-corrected chi connectivity index (χ1v) is 6.40. The van der Waals surface area contributed by atoms with Crippen molar-refractivity contribution in [2.45, 2.75) is 31.8 Å². The molecule has 1 aromatic rings. The molecule has 0 heterocycles. The molecule has 5 N–H and O–H groups in total. The number of ketones is 1. The van der Waals surface area contributed by atoms with Crippen LogP contribution in [0.4, 0.5) is 0 Å². The lowest BCUT2D eigenvalue weighted by molar-refractivity contribution is -0.138. The lowest BCUT2D eigenvalue weighted by Gasteiger charge is -2.08. The monoisotopic (exact) mass is 294 g/mol. The number of hydrogen-bond acceptors (Lipinski definition) is 6. The van der Waals surface area contributed by atoms with Gasteiger partial charge in [0.1, 0.15) is 17.8 Å². The fourth-order valence-corrected chi connectivity index (χ4v) is 1.47. The van der Waals surface area contributed by atoms with E-state index >= 15 is 0 Å². The highest BCUT2D eigenvalue weighted by Crippen LogP contribution is 2.15. The van der Waals surface area contributed by atoms with Gasteiger partial charge in [-0.15, -0.1) is 0 Å². The Bertz CT molecular complexity index is 525. The van der Waals surface area contributed by atoms with Crippen molar-refractivity contribution in [1.82, 2.24) is 0 Å². The second-order valence-electron chi connectivity index (χ2n) is 4.64. The van der Waals surface area contributed by atoms with Gasteiger partial charge >= 0.3 is 11.9 Å². The minimum atomic E-state index is -1.14. The Labute approximate surface area is 121 Å². The molecular formula is C14H18N2O5. The first-order valence-electron chi connectivity index (χ1n) is 6.40. The topological polar surface area (TPSA) is 133 Å². The second kappa shape index (κ2) is 7.51. The zero-order valence-corrected chi connectivity index (χ0v) is 11.6. The smallest absolute Gasteiger partial charge is 0.328 e. The lowest BCUT2D eigenvalue weighted by atomic mass is 10.0. The van der Waals surface area contributed by atoms with Gasteiger partial charge in [0.05, 0.1) is 0 Å². The number of Topliss-reactive ketones (excluding diaryl/α,β-unsaturated/α-hetero) is 1. The molecule has 0 aliphatic carbocycles. The lowest BCUT2D eigenvalue weighted by Crippen LogP contribution is -2.30. The summed E-state index contributed by atoms with van der Waals surface area (Å²) in [6, 6.07) is 4.16. The molecule has 0 aliphatic heterocycles. The minimum absolute atomic E-state index is 0.0342. The van der Waals surface area contributed by atoms with Crippen LogP contribution in [-0.4, -0.2) is 34.9 Å². The molecule has 0 spiro atoms. The molecule has 1 aromatic carbocycles. The highest BCUT2D eigenvalue weighted by Gasteiger charge is 2.15. The van der Waals surface area contributed by atoms with E-state index in [0.29, 0.717) is 5.56 Å². The molecule has 0 bridgehead atoms. The van der Waals surface area contributed by atoms with Crippen molar-refractivity contribution >= 4 is 17.7 Å². The summed E-state index contributed by atoms with van der Waals surface area (Å²) < 4.78 is 4.97. The minimum Gasteiger partial charge on any atom is -0.480 e. The van der Waals surface area contributed by atoms with Crippen molar-refractivity contribution < 1.29 is 24.2 Å². The van der Waals surface area contributed by atoms with E-state index in [1.54, 1.807) is 0 Å². The zero-order chi connectivity index (χ0) is 16.0. The molecule has 0 aliphatic rings. The Kier molecular flexibility index (Phi) is 6.01. The number of carboxylic acid groups (broad SMARTS) is 1. The number of hydrogen-bond donors (Lipinski definition) is 3. The highest BCUT2D eigenvalue weighted by atomic mass is 16.5. The summed E-state index contributed by atoms with van der Waals surface area (Å²) in [7, 11) is 0. The average Bonchev–Trinajstić information content (AvgIpc) is 2.44. The fraction of sp³-hybridized carbons (Fsp3) is 0.357. The predicted molar refractivity (Wildman–Crippen MR) is 74.9 cm³/mol. The number of aliphatic carboxylic acids is 1. The van der Waals surface area contributed by atoms with Crippen LogP contribution in [-0.2, 0) is 9.59 Å². The maximum atomic E-state index is 11.8. The molecule has 0 saturated heterocycles. The van der Waals surface area contributed by atoms with Gasteiger partial charge in [0, 0.05) is 12.0 Å². The number of esters is 1. The highest BCUT2D eigenvalue weighted by molar-refractivity contribution is 5.96. The van der Waals surface area contributed by atoms with Crippen LogP contribution < -0.4 is 16.2 Å². The van der Waals surface area contributed by atoms with Crippen LogP contribution in [0.3, 0.4) is 0 Å². The van der Waals surface area contributed by atoms with E-state index in [-0.39, 0.29) is 24.4 Å². The fourth-order valence-electron chi connectivity index (χ4n) is 1.47. The Morgan fingerprint density at radius 1 is 1.19 bits per heavy atom. The number of carbonyl (C=O) groups excluding carboxylic acids is 2. The van der Waals surface area contributed by atoms with Crippen LogP contribution in [0.1, 0.15) is 30.1 Å². The SMILES string of the molecule is C[C@H](N)C(=O)Oc1ccc(C(=O)CC[C@H](N)C(=O)O)cc1. The predicted octanol–water partition coefficient (Wildman–Crippen LogP) is 0.314. The van der Waals surface area contributed by atoms with Crippen molar-refractivity contribution in [3.8, 4) is 5.75 Å². The van der Waals surface area contributed by atoms with Crippen LogP contribution >= 0.6 is 0 Å². The summed E-state index contributed by atoms with van der Waals surface area (Å²) >= 11 is 0. The molecule has 0 amide bonds. The van der Waals surface area contributed by atoms with Gasteiger partial charge in [-0.25, -0.2) is 4.79 Å². The van der Waals surface area contributed by atoms with Crippen LogP contribution in [0.15, 0.2) is 24.3 Å².